The van der Waals surface area contributed by atoms with Gasteiger partial charge in [-0.3, -0.25) is 23.9 Å². The maximum atomic E-state index is 14.7. The molecule has 5 aromatic rings. The van der Waals surface area contributed by atoms with Crippen LogP contribution in [0.5, 0.6) is 5.75 Å². The van der Waals surface area contributed by atoms with Gasteiger partial charge in [0.05, 0.1) is 34.9 Å². The van der Waals surface area contributed by atoms with Gasteiger partial charge in [-0.15, -0.1) is 0 Å². The lowest BCUT2D eigenvalue weighted by Gasteiger charge is -2.63. The van der Waals surface area contributed by atoms with Gasteiger partial charge in [0.1, 0.15) is 17.9 Å². The van der Waals surface area contributed by atoms with Crippen molar-refractivity contribution in [2.45, 2.75) is 104 Å². The number of likely N-dealkylation sites (tertiary alicyclic amines) is 1. The summed E-state index contributed by atoms with van der Waals surface area (Å²) in [7, 11) is 1.78. The molecule has 68 heavy (non-hydrogen) atoms. The molecule has 4 aliphatic heterocycles. The third-order valence-electron chi connectivity index (χ3n) is 15.2. The molecule has 3 aromatic heterocycles. The standard InChI is InChI=1S/C50H57ClF2N12O3/c1-29(66)62-17-13-41-39(28-62)44(64-14-7-8-30-18-37(33-24-57-60(6)25-33)38(43(52)53)20-42(30)64)59-65(41)35-26-63(27-35)34-11-15-61(16-12-34)48-55-22-32(23-56-48)45(67)58-46-49(2,3)47(50(46,4)5)68-36-10-9-31(21-54)40(51)19-36/h9-10,18-20,22-25,34-35,43,46-47H,7-8,11-17,26-28H2,1-6H3,(H,58,67). The molecule has 10 rings (SSSR count). The maximum Gasteiger partial charge on any atom is 0.264 e. The minimum absolute atomic E-state index is 0.00861. The molecule has 0 radical (unpaired) electrons. The van der Waals surface area contributed by atoms with Crippen molar-refractivity contribution in [1.82, 2.24) is 44.6 Å². The van der Waals surface area contributed by atoms with Crippen LogP contribution in [0.3, 0.4) is 0 Å². The monoisotopic (exact) mass is 946 g/mol. The number of alkyl halides is 2. The Balaban J connectivity index is 0.775. The highest BCUT2D eigenvalue weighted by Crippen LogP contribution is 2.56. The van der Waals surface area contributed by atoms with Gasteiger partial charge in [-0.05, 0) is 61.1 Å². The number of hydrogen-bond acceptors (Lipinski definition) is 11. The molecule has 0 atom stereocenters. The van der Waals surface area contributed by atoms with Crippen LogP contribution in [0.2, 0.25) is 5.02 Å². The average Bonchev–Trinajstić information content (AvgIpc) is 3.92. The highest BCUT2D eigenvalue weighted by Gasteiger charge is 2.64. The first-order chi connectivity index (χ1) is 32.5. The lowest BCUT2D eigenvalue weighted by molar-refractivity contribution is -0.164. The van der Waals surface area contributed by atoms with Gasteiger partial charge in [0, 0.05) is 135 Å². The Morgan fingerprint density at radius 2 is 1.71 bits per heavy atom. The molecule has 18 heteroatoms. The quantitative estimate of drug-likeness (QED) is 0.147. The summed E-state index contributed by atoms with van der Waals surface area (Å²) in [6, 6.07) is 11.0. The maximum absolute atomic E-state index is 14.7. The summed E-state index contributed by atoms with van der Waals surface area (Å²) in [6.07, 6.45) is 7.90. The zero-order valence-electron chi connectivity index (χ0n) is 39.3. The van der Waals surface area contributed by atoms with Crippen LogP contribution in [0, 0.1) is 22.2 Å². The topological polar surface area (TPSA) is 154 Å². The molecule has 2 saturated heterocycles. The third kappa shape index (κ3) is 8.02. The number of nitrogens with zero attached hydrogens (tertiary/aromatic N) is 11. The van der Waals surface area contributed by atoms with E-state index in [1.54, 1.807) is 67.7 Å². The van der Waals surface area contributed by atoms with Gasteiger partial charge in [0.15, 0.2) is 5.82 Å². The van der Waals surface area contributed by atoms with Crippen molar-refractivity contribution in [2.75, 3.05) is 49.1 Å². The van der Waals surface area contributed by atoms with E-state index in [0.29, 0.717) is 71.1 Å². The molecular weight excluding hydrogens is 890 g/mol. The van der Waals surface area contributed by atoms with Gasteiger partial charge >= 0.3 is 0 Å². The molecule has 0 bridgehead atoms. The minimum atomic E-state index is -2.67. The number of ether oxygens (including phenoxy) is 1. The number of nitriles is 1. The van der Waals surface area contributed by atoms with Gasteiger partial charge in [0.25, 0.3) is 12.3 Å². The van der Waals surface area contributed by atoms with Crippen molar-refractivity contribution in [1.29, 1.82) is 5.26 Å². The molecule has 15 nitrogen and oxygen atoms in total. The first kappa shape index (κ1) is 45.7. The number of carbonyl (C=O) groups excluding carboxylic acids is 2. The first-order valence-corrected chi connectivity index (χ1v) is 23.9. The smallest absolute Gasteiger partial charge is 0.264 e. The van der Waals surface area contributed by atoms with Gasteiger partial charge in [-0.25, -0.2) is 18.7 Å². The molecule has 2 amide bonds. The minimum Gasteiger partial charge on any atom is -0.489 e. The van der Waals surface area contributed by atoms with E-state index in [1.807, 2.05) is 11.0 Å². The molecule has 0 spiro atoms. The van der Waals surface area contributed by atoms with Gasteiger partial charge in [0.2, 0.25) is 11.9 Å². The van der Waals surface area contributed by atoms with E-state index in [0.717, 1.165) is 80.2 Å². The van der Waals surface area contributed by atoms with Crippen LogP contribution in [-0.2, 0) is 31.2 Å². The molecule has 2 aromatic carbocycles. The average molecular weight is 948 g/mol. The van der Waals surface area contributed by atoms with Crippen LogP contribution < -0.4 is 19.9 Å². The van der Waals surface area contributed by atoms with Gasteiger partial charge < -0.3 is 24.8 Å². The van der Waals surface area contributed by atoms with Crippen molar-refractivity contribution in [2.24, 2.45) is 17.9 Å². The van der Waals surface area contributed by atoms with Crippen LogP contribution >= 0.6 is 11.6 Å². The molecule has 7 heterocycles. The summed E-state index contributed by atoms with van der Waals surface area (Å²) < 4.78 is 39.7. The number of anilines is 3. The van der Waals surface area contributed by atoms with Crippen molar-refractivity contribution in [3.63, 3.8) is 0 Å². The van der Waals surface area contributed by atoms with Crippen LogP contribution in [0.1, 0.15) is 105 Å². The predicted octanol–water partition coefficient (Wildman–Crippen LogP) is 7.66. The number of rotatable bonds is 10. The summed E-state index contributed by atoms with van der Waals surface area (Å²) >= 11 is 6.27. The number of halogens is 3. The lowest BCUT2D eigenvalue weighted by Crippen LogP contribution is -2.74. The molecule has 3 fully saturated rings. The number of amides is 2. The SMILES string of the molecule is CC(=O)N1CCc2c(c(N3CCCc4cc(-c5cnn(C)c5)c(C(F)F)cc43)nn2C2CN(C3CCN(c4ncc(C(=O)NC5C(C)(C)C(Oc6ccc(C#N)c(Cl)c6)C5(C)C)cn4)CC3)C2)C1. The summed E-state index contributed by atoms with van der Waals surface area (Å²) in [5.41, 5.74) is 5.00. The molecule has 356 valence electrons. The number of carbonyl (C=O) groups is 2. The first-order valence-electron chi connectivity index (χ1n) is 23.6. The van der Waals surface area contributed by atoms with Gasteiger partial charge in [-0.2, -0.15) is 15.5 Å². The Bertz CT molecular complexity index is 2790. The van der Waals surface area contributed by atoms with E-state index >= 15 is 0 Å². The Morgan fingerprint density at radius 1 is 0.971 bits per heavy atom. The normalized spacial score (nSPS) is 21.4. The molecule has 5 aliphatic rings. The number of aryl methyl sites for hydroxylation is 2. The van der Waals surface area contributed by atoms with Crippen molar-refractivity contribution < 1.29 is 23.1 Å². The van der Waals surface area contributed by atoms with E-state index in [-0.39, 0.29) is 35.6 Å². The Kier molecular flexibility index (Phi) is 11.7. The second-order valence-electron chi connectivity index (χ2n) is 20.3. The molecule has 0 unspecified atom stereocenters. The lowest BCUT2D eigenvalue weighted by atomic mass is 9.49. The number of aromatic nitrogens is 6. The summed E-state index contributed by atoms with van der Waals surface area (Å²) in [6.45, 7) is 14.8. The molecular formula is C50H57ClF2N12O3. The van der Waals surface area contributed by atoms with Crippen molar-refractivity contribution in [3.05, 3.63) is 93.7 Å². The Morgan fingerprint density at radius 3 is 2.35 bits per heavy atom. The predicted molar refractivity (Wildman–Crippen MR) is 253 cm³/mol. The molecule has 1 saturated carbocycles. The fourth-order valence-corrected chi connectivity index (χ4v) is 12.1. The van der Waals surface area contributed by atoms with Gasteiger partial charge in [-0.1, -0.05) is 39.3 Å². The summed E-state index contributed by atoms with van der Waals surface area (Å²) in [4.78, 5) is 44.2. The number of hydrogen-bond donors (Lipinski definition) is 1. The molecule has 1 N–H and O–H groups in total. The Hall–Kier alpha value is -6.12. The number of benzene rings is 2. The fraction of sp³-hybridized carbons (Fsp3) is 0.500. The van der Waals surface area contributed by atoms with E-state index in [4.69, 9.17) is 21.4 Å². The Labute approximate surface area is 400 Å². The summed E-state index contributed by atoms with van der Waals surface area (Å²) in [5.74, 6) is 1.70. The number of nitrogens with one attached hydrogen (secondary N) is 1. The van der Waals surface area contributed by atoms with Crippen LogP contribution in [0.4, 0.5) is 26.2 Å². The molecule has 1 aliphatic carbocycles. The van der Waals surface area contributed by atoms with E-state index in [1.165, 1.54) is 0 Å². The summed E-state index contributed by atoms with van der Waals surface area (Å²) in [5, 5.41) is 22.4. The van der Waals surface area contributed by atoms with Crippen molar-refractivity contribution in [3.8, 4) is 22.9 Å². The van der Waals surface area contributed by atoms with Crippen LogP contribution in [0.15, 0.2) is 55.1 Å². The van der Waals surface area contributed by atoms with E-state index in [9.17, 15) is 23.6 Å². The van der Waals surface area contributed by atoms with E-state index < -0.39 is 17.3 Å². The third-order valence-corrected chi connectivity index (χ3v) is 15.5. The zero-order valence-corrected chi connectivity index (χ0v) is 40.1. The van der Waals surface area contributed by atoms with Crippen LogP contribution in [0.25, 0.3) is 11.1 Å². The highest BCUT2D eigenvalue weighted by molar-refractivity contribution is 6.31. The number of piperidine rings is 1. The zero-order chi connectivity index (χ0) is 47.8. The second kappa shape index (κ2) is 17.4. The van der Waals surface area contributed by atoms with E-state index in [2.05, 4.69) is 73.5 Å². The van der Waals surface area contributed by atoms with Crippen molar-refractivity contribution >= 4 is 40.9 Å². The second-order valence-corrected chi connectivity index (χ2v) is 20.7. The van der Waals surface area contributed by atoms with Crippen LogP contribution in [-0.4, -0.2) is 109 Å². The largest absolute Gasteiger partial charge is 0.489 e. The highest BCUT2D eigenvalue weighted by atomic mass is 35.5. The fourth-order valence-electron chi connectivity index (χ4n) is 11.9. The number of fused-ring (bicyclic) bond motifs is 2.